The number of benzene rings is 2. The van der Waals surface area contributed by atoms with Crippen molar-refractivity contribution in [3.63, 3.8) is 0 Å². The summed E-state index contributed by atoms with van der Waals surface area (Å²) in [6, 6.07) is 25.9. The summed E-state index contributed by atoms with van der Waals surface area (Å²) < 4.78 is 0. The molecule has 2 aromatic carbocycles. The van der Waals surface area contributed by atoms with Gasteiger partial charge in [-0.3, -0.25) is 4.98 Å². The molecule has 0 unspecified atom stereocenters. The van der Waals surface area contributed by atoms with Crippen LogP contribution in [0.3, 0.4) is 0 Å². The molecule has 3 heteroatoms. The minimum absolute atomic E-state index is 0.787. The van der Waals surface area contributed by atoms with Gasteiger partial charge in [0.1, 0.15) is 5.71 Å². The minimum atomic E-state index is 0.787. The van der Waals surface area contributed by atoms with Crippen molar-refractivity contribution in [2.75, 3.05) is 0 Å². The van der Waals surface area contributed by atoms with Gasteiger partial charge in [0.05, 0.1) is 11.4 Å². The molecule has 0 aliphatic heterocycles. The van der Waals surface area contributed by atoms with Crippen molar-refractivity contribution in [2.45, 2.75) is 6.92 Å². The highest BCUT2D eigenvalue weighted by molar-refractivity contribution is 6.13. The third-order valence-corrected chi connectivity index (χ3v) is 3.43. The molecule has 3 aromatic rings. The molecule has 0 N–H and O–H groups in total. The number of hydrogen-bond donors (Lipinski definition) is 0. The Kier molecular flexibility index (Phi) is 4.69. The van der Waals surface area contributed by atoms with Crippen molar-refractivity contribution in [1.29, 1.82) is 0 Å². The fourth-order valence-electron chi connectivity index (χ4n) is 2.23. The van der Waals surface area contributed by atoms with Gasteiger partial charge in [0.2, 0.25) is 0 Å². The van der Waals surface area contributed by atoms with E-state index in [2.05, 4.69) is 15.2 Å². The molecule has 0 aliphatic carbocycles. The number of pyridine rings is 1. The van der Waals surface area contributed by atoms with Crippen LogP contribution >= 0.6 is 0 Å². The van der Waals surface area contributed by atoms with Gasteiger partial charge < -0.3 is 0 Å². The second-order valence-electron chi connectivity index (χ2n) is 5.08. The molecule has 0 spiro atoms. The summed E-state index contributed by atoms with van der Waals surface area (Å²) in [7, 11) is 0. The molecule has 0 amide bonds. The number of rotatable bonds is 4. The molecule has 1 heterocycles. The Morgan fingerprint density at radius 1 is 0.696 bits per heavy atom. The highest BCUT2D eigenvalue weighted by atomic mass is 15.2. The van der Waals surface area contributed by atoms with Crippen molar-refractivity contribution in [1.82, 2.24) is 4.98 Å². The fraction of sp³-hybridized carbons (Fsp3) is 0.0500. The van der Waals surface area contributed by atoms with E-state index < -0.39 is 0 Å². The van der Waals surface area contributed by atoms with Crippen molar-refractivity contribution in [2.24, 2.45) is 10.2 Å². The average Bonchev–Trinajstić information content (AvgIpc) is 2.64. The lowest BCUT2D eigenvalue weighted by Gasteiger charge is -2.05. The summed E-state index contributed by atoms with van der Waals surface area (Å²) in [4.78, 5) is 4.30. The fourth-order valence-corrected chi connectivity index (χ4v) is 2.23. The molecule has 0 bridgehead atoms. The van der Waals surface area contributed by atoms with Crippen LogP contribution in [0.1, 0.15) is 23.7 Å². The molecule has 0 aliphatic rings. The standard InChI is InChI=1S/C20H17N3/c1-16(19-14-8-9-15-21-19)22-23-20(17-10-4-2-5-11-17)18-12-6-3-7-13-18/h2-15H,1H3/b22-16-. The Labute approximate surface area is 136 Å². The molecule has 3 rings (SSSR count). The van der Waals surface area contributed by atoms with Gasteiger partial charge >= 0.3 is 0 Å². The van der Waals surface area contributed by atoms with Crippen LogP contribution in [0, 0.1) is 0 Å². The summed E-state index contributed by atoms with van der Waals surface area (Å²) >= 11 is 0. The summed E-state index contributed by atoms with van der Waals surface area (Å²) in [6.45, 7) is 1.92. The molecule has 112 valence electrons. The van der Waals surface area contributed by atoms with Gasteiger partial charge in [0.25, 0.3) is 0 Å². The van der Waals surface area contributed by atoms with E-state index in [1.807, 2.05) is 85.8 Å². The van der Waals surface area contributed by atoms with Crippen LogP contribution < -0.4 is 0 Å². The maximum absolute atomic E-state index is 4.51. The van der Waals surface area contributed by atoms with Gasteiger partial charge in [-0.2, -0.15) is 5.10 Å². The zero-order valence-corrected chi connectivity index (χ0v) is 12.9. The molecule has 0 atom stereocenters. The van der Waals surface area contributed by atoms with Crippen LogP contribution in [-0.2, 0) is 0 Å². The first-order valence-corrected chi connectivity index (χ1v) is 7.49. The van der Waals surface area contributed by atoms with E-state index in [1.165, 1.54) is 0 Å². The zero-order chi connectivity index (χ0) is 15.9. The normalized spacial score (nSPS) is 11.1. The van der Waals surface area contributed by atoms with Crippen molar-refractivity contribution < 1.29 is 0 Å². The molecule has 0 saturated carbocycles. The highest BCUT2D eigenvalue weighted by Crippen LogP contribution is 2.11. The Hall–Kier alpha value is -3.07. The molecule has 1 aromatic heterocycles. The van der Waals surface area contributed by atoms with Crippen LogP contribution in [-0.4, -0.2) is 16.4 Å². The maximum atomic E-state index is 4.51. The first-order chi connectivity index (χ1) is 11.3. The van der Waals surface area contributed by atoms with Crippen molar-refractivity contribution in [3.8, 4) is 0 Å². The Morgan fingerprint density at radius 2 is 1.26 bits per heavy atom. The molecule has 0 fully saturated rings. The lowest BCUT2D eigenvalue weighted by Crippen LogP contribution is -2.04. The van der Waals surface area contributed by atoms with Gasteiger partial charge in [-0.25, -0.2) is 0 Å². The third-order valence-electron chi connectivity index (χ3n) is 3.43. The van der Waals surface area contributed by atoms with E-state index in [0.29, 0.717) is 0 Å². The topological polar surface area (TPSA) is 37.6 Å². The van der Waals surface area contributed by atoms with E-state index in [4.69, 9.17) is 0 Å². The lowest BCUT2D eigenvalue weighted by atomic mass is 10.0. The molecule has 23 heavy (non-hydrogen) atoms. The summed E-state index contributed by atoms with van der Waals surface area (Å²) in [5.41, 5.74) is 4.54. The van der Waals surface area contributed by atoms with Crippen molar-refractivity contribution in [3.05, 3.63) is 102 Å². The first kappa shape index (κ1) is 14.9. The minimum Gasteiger partial charge on any atom is -0.255 e. The molecular weight excluding hydrogens is 282 g/mol. The summed E-state index contributed by atoms with van der Waals surface area (Å²) in [5, 5.41) is 8.89. The van der Waals surface area contributed by atoms with Gasteiger partial charge in [0, 0.05) is 17.3 Å². The van der Waals surface area contributed by atoms with E-state index in [-0.39, 0.29) is 0 Å². The van der Waals surface area contributed by atoms with Gasteiger partial charge in [-0.15, -0.1) is 5.10 Å². The molecular formula is C20H17N3. The number of hydrogen-bond acceptors (Lipinski definition) is 3. The number of aromatic nitrogens is 1. The second-order valence-corrected chi connectivity index (χ2v) is 5.08. The summed E-state index contributed by atoms with van der Waals surface area (Å²) in [6.07, 6.45) is 1.76. The van der Waals surface area contributed by atoms with Crippen LogP contribution in [0.5, 0.6) is 0 Å². The first-order valence-electron chi connectivity index (χ1n) is 7.49. The van der Waals surface area contributed by atoms with Crippen LogP contribution in [0.2, 0.25) is 0 Å². The Bertz CT molecular complexity index is 766. The smallest absolute Gasteiger partial charge is 0.100 e. The van der Waals surface area contributed by atoms with Crippen LogP contribution in [0.15, 0.2) is 95.3 Å². The predicted molar refractivity (Wildman–Crippen MR) is 95.0 cm³/mol. The number of nitrogens with zero attached hydrogens (tertiary/aromatic N) is 3. The quantitative estimate of drug-likeness (QED) is 0.521. The van der Waals surface area contributed by atoms with E-state index in [0.717, 1.165) is 28.2 Å². The Balaban J connectivity index is 2.02. The third kappa shape index (κ3) is 3.77. The second kappa shape index (κ2) is 7.27. The molecule has 0 radical (unpaired) electrons. The van der Waals surface area contributed by atoms with Gasteiger partial charge in [-0.05, 0) is 19.1 Å². The van der Waals surface area contributed by atoms with Crippen LogP contribution in [0.4, 0.5) is 0 Å². The monoisotopic (exact) mass is 299 g/mol. The van der Waals surface area contributed by atoms with Crippen LogP contribution in [0.25, 0.3) is 0 Å². The predicted octanol–water partition coefficient (Wildman–Crippen LogP) is 4.34. The van der Waals surface area contributed by atoms with E-state index in [9.17, 15) is 0 Å². The highest BCUT2D eigenvalue weighted by Gasteiger charge is 2.06. The van der Waals surface area contributed by atoms with Gasteiger partial charge in [0.15, 0.2) is 0 Å². The zero-order valence-electron chi connectivity index (χ0n) is 12.9. The lowest BCUT2D eigenvalue weighted by molar-refractivity contribution is 1.19. The molecule has 0 saturated heterocycles. The molecule has 3 nitrogen and oxygen atoms in total. The van der Waals surface area contributed by atoms with E-state index in [1.54, 1.807) is 6.20 Å². The largest absolute Gasteiger partial charge is 0.255 e. The Morgan fingerprint density at radius 3 is 1.78 bits per heavy atom. The SMILES string of the molecule is C/C(=N/N=C(c1ccccc1)c1ccccc1)c1ccccn1. The maximum Gasteiger partial charge on any atom is 0.100 e. The average molecular weight is 299 g/mol. The summed E-state index contributed by atoms with van der Waals surface area (Å²) in [5.74, 6) is 0. The van der Waals surface area contributed by atoms with Crippen molar-refractivity contribution >= 4 is 11.4 Å². The van der Waals surface area contributed by atoms with E-state index >= 15 is 0 Å². The van der Waals surface area contributed by atoms with Gasteiger partial charge in [-0.1, -0.05) is 66.7 Å².